The van der Waals surface area contributed by atoms with E-state index >= 15 is 0 Å². The number of nitrogen functional groups attached to an aromatic ring is 1. The average molecular weight is 290 g/mol. The molecule has 2 aromatic heterocycles. The monoisotopic (exact) mass is 289 g/mol. The van der Waals surface area contributed by atoms with Crippen LogP contribution in [0.3, 0.4) is 0 Å². The van der Waals surface area contributed by atoms with Gasteiger partial charge >= 0.3 is 0 Å². The van der Waals surface area contributed by atoms with Crippen LogP contribution in [0.1, 0.15) is 0 Å². The molecule has 0 unspecified atom stereocenters. The zero-order valence-electron chi connectivity index (χ0n) is 9.08. The van der Waals surface area contributed by atoms with Gasteiger partial charge in [0.15, 0.2) is 5.65 Å². The number of anilines is 1. The van der Waals surface area contributed by atoms with Gasteiger partial charge in [-0.05, 0) is 12.1 Å². The lowest BCUT2D eigenvalue weighted by atomic mass is 10.2. The first-order valence-corrected chi connectivity index (χ1v) is 5.13. The molecule has 2 heterocycles. The summed E-state index contributed by atoms with van der Waals surface area (Å²) in [6, 6.07) is 13.9. The molecule has 0 aliphatic carbocycles. The number of aromatic nitrogens is 2. The molecule has 0 spiro atoms. The Kier molecular flexibility index (Phi) is 3.15. The first-order chi connectivity index (χ1) is 7.84. The molecule has 1 aromatic carbocycles. The molecule has 0 bridgehead atoms. The number of rotatable bonds is 1. The first-order valence-electron chi connectivity index (χ1n) is 5.13. The van der Waals surface area contributed by atoms with Gasteiger partial charge in [-0.15, -0.1) is 17.0 Å². The lowest BCUT2D eigenvalue weighted by Crippen LogP contribution is -1.90. The van der Waals surface area contributed by atoms with Crippen LogP contribution in [0.4, 0.5) is 5.69 Å². The Hall–Kier alpha value is -1.81. The molecule has 2 N–H and O–H groups in total. The van der Waals surface area contributed by atoms with Crippen LogP contribution in [0, 0.1) is 0 Å². The SMILES string of the molecule is Br.Nc1cccn2cc(-c3ccccc3)nc12. The van der Waals surface area contributed by atoms with E-state index in [1.54, 1.807) is 0 Å². The van der Waals surface area contributed by atoms with Gasteiger partial charge in [0, 0.05) is 18.0 Å². The van der Waals surface area contributed by atoms with Gasteiger partial charge in [-0.1, -0.05) is 30.3 Å². The number of benzene rings is 1. The summed E-state index contributed by atoms with van der Waals surface area (Å²) in [4.78, 5) is 4.52. The van der Waals surface area contributed by atoms with Crippen molar-refractivity contribution in [3.63, 3.8) is 0 Å². The molecule has 3 nitrogen and oxygen atoms in total. The molecule has 0 aliphatic rings. The molecular weight excluding hydrogens is 278 g/mol. The zero-order valence-corrected chi connectivity index (χ0v) is 10.8. The van der Waals surface area contributed by atoms with Crippen LogP contribution < -0.4 is 5.73 Å². The summed E-state index contributed by atoms with van der Waals surface area (Å²) in [7, 11) is 0. The van der Waals surface area contributed by atoms with Crippen LogP contribution in [0.5, 0.6) is 0 Å². The highest BCUT2D eigenvalue weighted by molar-refractivity contribution is 8.93. The second-order valence-corrected chi connectivity index (χ2v) is 3.69. The Labute approximate surface area is 110 Å². The van der Waals surface area contributed by atoms with E-state index in [9.17, 15) is 0 Å². The lowest BCUT2D eigenvalue weighted by Gasteiger charge is -1.94. The Bertz CT molecular complexity index is 631. The molecule has 0 atom stereocenters. The number of pyridine rings is 1. The van der Waals surface area contributed by atoms with Crippen LogP contribution in [0.2, 0.25) is 0 Å². The molecular formula is C13H12BrN3. The first kappa shape index (κ1) is 11.7. The van der Waals surface area contributed by atoms with Gasteiger partial charge in [0.2, 0.25) is 0 Å². The molecule has 0 aliphatic heterocycles. The van der Waals surface area contributed by atoms with E-state index in [-0.39, 0.29) is 17.0 Å². The van der Waals surface area contributed by atoms with Gasteiger partial charge in [0.25, 0.3) is 0 Å². The Morgan fingerprint density at radius 1 is 1.00 bits per heavy atom. The van der Waals surface area contributed by atoms with E-state index in [0.29, 0.717) is 5.69 Å². The standard InChI is InChI=1S/C13H11N3.BrH/c14-11-7-4-8-16-9-12(15-13(11)16)10-5-2-1-3-6-10;/h1-9H,14H2;1H. The fraction of sp³-hybridized carbons (Fsp3) is 0. The average Bonchev–Trinajstić information content (AvgIpc) is 2.76. The van der Waals surface area contributed by atoms with Crippen molar-refractivity contribution in [2.24, 2.45) is 0 Å². The predicted octanol–water partition coefficient (Wildman–Crippen LogP) is 3.16. The largest absolute Gasteiger partial charge is 0.396 e. The maximum absolute atomic E-state index is 5.86. The molecule has 86 valence electrons. The molecule has 3 aromatic rings. The minimum Gasteiger partial charge on any atom is -0.396 e. The van der Waals surface area contributed by atoms with Gasteiger partial charge < -0.3 is 10.1 Å². The maximum Gasteiger partial charge on any atom is 0.160 e. The lowest BCUT2D eigenvalue weighted by molar-refractivity contribution is 1.19. The van der Waals surface area contributed by atoms with Crippen LogP contribution >= 0.6 is 17.0 Å². The van der Waals surface area contributed by atoms with Crippen molar-refractivity contribution in [2.45, 2.75) is 0 Å². The van der Waals surface area contributed by atoms with E-state index < -0.39 is 0 Å². The van der Waals surface area contributed by atoms with Crippen molar-refractivity contribution in [1.82, 2.24) is 9.38 Å². The van der Waals surface area contributed by atoms with Crippen LogP contribution in [-0.4, -0.2) is 9.38 Å². The molecule has 0 saturated carbocycles. The summed E-state index contributed by atoms with van der Waals surface area (Å²) in [5.41, 5.74) is 9.42. The van der Waals surface area contributed by atoms with Gasteiger partial charge in [-0.3, -0.25) is 0 Å². The van der Waals surface area contributed by atoms with E-state index in [1.807, 2.05) is 59.3 Å². The second kappa shape index (κ2) is 4.59. The summed E-state index contributed by atoms with van der Waals surface area (Å²) in [6.45, 7) is 0. The van der Waals surface area contributed by atoms with Crippen molar-refractivity contribution in [2.75, 3.05) is 5.73 Å². The Morgan fingerprint density at radius 3 is 2.47 bits per heavy atom. The molecule has 17 heavy (non-hydrogen) atoms. The van der Waals surface area contributed by atoms with Gasteiger partial charge in [0.05, 0.1) is 11.4 Å². The quantitative estimate of drug-likeness (QED) is 0.748. The third-order valence-electron chi connectivity index (χ3n) is 2.58. The maximum atomic E-state index is 5.86. The fourth-order valence-corrected chi connectivity index (χ4v) is 1.78. The molecule has 0 saturated heterocycles. The van der Waals surface area contributed by atoms with Crippen molar-refractivity contribution in [3.05, 3.63) is 54.9 Å². The van der Waals surface area contributed by atoms with Crippen LogP contribution in [-0.2, 0) is 0 Å². The highest BCUT2D eigenvalue weighted by Gasteiger charge is 2.05. The Morgan fingerprint density at radius 2 is 1.76 bits per heavy atom. The predicted molar refractivity (Wildman–Crippen MR) is 75.4 cm³/mol. The highest BCUT2D eigenvalue weighted by atomic mass is 79.9. The van der Waals surface area contributed by atoms with Crippen molar-refractivity contribution in [1.29, 1.82) is 0 Å². The highest BCUT2D eigenvalue weighted by Crippen LogP contribution is 2.20. The van der Waals surface area contributed by atoms with E-state index in [2.05, 4.69) is 4.98 Å². The summed E-state index contributed by atoms with van der Waals surface area (Å²) in [5.74, 6) is 0. The number of fused-ring (bicyclic) bond motifs is 1. The van der Waals surface area contributed by atoms with Gasteiger partial charge in [0.1, 0.15) is 0 Å². The van der Waals surface area contributed by atoms with Crippen LogP contribution in [0.15, 0.2) is 54.9 Å². The van der Waals surface area contributed by atoms with Gasteiger partial charge in [-0.25, -0.2) is 4.98 Å². The normalized spacial score (nSPS) is 10.1. The molecule has 3 rings (SSSR count). The number of hydrogen-bond donors (Lipinski definition) is 1. The summed E-state index contributed by atoms with van der Waals surface area (Å²) in [5, 5.41) is 0. The summed E-state index contributed by atoms with van der Waals surface area (Å²) in [6.07, 6.45) is 3.94. The van der Waals surface area contributed by atoms with E-state index in [0.717, 1.165) is 16.9 Å². The topological polar surface area (TPSA) is 43.3 Å². The third-order valence-corrected chi connectivity index (χ3v) is 2.58. The Balaban J connectivity index is 0.00000108. The van der Waals surface area contributed by atoms with Crippen molar-refractivity contribution >= 4 is 28.3 Å². The minimum absolute atomic E-state index is 0. The van der Waals surface area contributed by atoms with Gasteiger partial charge in [-0.2, -0.15) is 0 Å². The molecule has 0 radical (unpaired) electrons. The molecule has 4 heteroatoms. The molecule has 0 amide bonds. The number of nitrogens with two attached hydrogens (primary N) is 1. The second-order valence-electron chi connectivity index (χ2n) is 3.69. The number of halogens is 1. The summed E-state index contributed by atoms with van der Waals surface area (Å²) >= 11 is 0. The summed E-state index contributed by atoms with van der Waals surface area (Å²) < 4.78 is 1.94. The fourth-order valence-electron chi connectivity index (χ4n) is 1.78. The van der Waals surface area contributed by atoms with Crippen LogP contribution in [0.25, 0.3) is 16.9 Å². The smallest absolute Gasteiger partial charge is 0.160 e. The minimum atomic E-state index is 0. The van der Waals surface area contributed by atoms with E-state index in [1.165, 1.54) is 0 Å². The van der Waals surface area contributed by atoms with Crippen molar-refractivity contribution < 1.29 is 0 Å². The zero-order chi connectivity index (χ0) is 11.0. The number of imidazole rings is 1. The third kappa shape index (κ3) is 2.03. The van der Waals surface area contributed by atoms with E-state index in [4.69, 9.17) is 5.73 Å². The number of hydrogen-bond acceptors (Lipinski definition) is 2. The van der Waals surface area contributed by atoms with Crippen molar-refractivity contribution in [3.8, 4) is 11.3 Å². The number of nitrogens with zero attached hydrogens (tertiary/aromatic N) is 2. The molecule has 0 fully saturated rings.